The van der Waals surface area contributed by atoms with Crippen LogP contribution in [0, 0.1) is 10.1 Å². The molecule has 180 valence electrons. The maximum atomic E-state index is 13.1. The van der Waals surface area contributed by atoms with E-state index in [1.165, 1.54) is 30.5 Å². The van der Waals surface area contributed by atoms with Crippen molar-refractivity contribution in [3.8, 4) is 0 Å². The van der Waals surface area contributed by atoms with E-state index in [1.807, 2.05) is 0 Å². The number of ether oxygens (including phenoxy) is 1. The number of aliphatic imine (C=N–C) groups is 1. The van der Waals surface area contributed by atoms with E-state index in [0.29, 0.717) is 10.9 Å². The van der Waals surface area contributed by atoms with Crippen molar-refractivity contribution in [2.24, 2.45) is 4.99 Å². The van der Waals surface area contributed by atoms with Gasteiger partial charge in [-0.15, -0.1) is 0 Å². The molecule has 2 heterocycles. The van der Waals surface area contributed by atoms with Crippen molar-refractivity contribution in [1.82, 2.24) is 4.98 Å². The van der Waals surface area contributed by atoms with Gasteiger partial charge >= 0.3 is 5.97 Å². The van der Waals surface area contributed by atoms with Gasteiger partial charge in [0.25, 0.3) is 15.7 Å². The van der Waals surface area contributed by atoms with E-state index in [9.17, 15) is 28.1 Å². The predicted molar refractivity (Wildman–Crippen MR) is 128 cm³/mol. The standard InChI is InChI=1S/C22H19N5O7S/c1-3-18(28)24-13-10-14(26-35(32,33)17-8-6-5-7-16(17)27(30)31)20-19-12(11-23-20)9-15(25-21(13)19)22(29)34-4-2/h5-11,26H,3-4H2,1-2H3,(H,24,28). The first-order valence-electron chi connectivity index (χ1n) is 10.4. The van der Waals surface area contributed by atoms with E-state index in [1.54, 1.807) is 13.8 Å². The molecule has 1 aliphatic rings. The number of pyridine rings is 1. The van der Waals surface area contributed by atoms with Gasteiger partial charge in [-0.2, -0.15) is 0 Å². The Morgan fingerprint density at radius 1 is 1.14 bits per heavy atom. The Morgan fingerprint density at radius 3 is 2.57 bits per heavy atom. The average Bonchev–Trinajstić information content (AvgIpc) is 3.26. The lowest BCUT2D eigenvalue weighted by molar-refractivity contribution is -0.387. The third kappa shape index (κ3) is 4.40. The smallest absolute Gasteiger partial charge is 0.356 e. The Bertz CT molecular complexity index is 1530. The Labute approximate surface area is 199 Å². The number of carbonyl (C=O) groups is 2. The van der Waals surface area contributed by atoms with Gasteiger partial charge in [0.1, 0.15) is 5.69 Å². The molecular formula is C22H19N5O7S. The number of esters is 1. The van der Waals surface area contributed by atoms with Crippen molar-refractivity contribution in [2.45, 2.75) is 25.2 Å². The molecule has 0 bridgehead atoms. The molecule has 0 spiro atoms. The van der Waals surface area contributed by atoms with E-state index in [2.05, 4.69) is 20.0 Å². The van der Waals surface area contributed by atoms with E-state index in [0.717, 1.165) is 12.1 Å². The molecule has 0 radical (unpaired) electrons. The van der Waals surface area contributed by atoms with Crippen LogP contribution in [0.5, 0.6) is 0 Å². The normalized spacial score (nSPS) is 11.9. The van der Waals surface area contributed by atoms with Crippen molar-refractivity contribution < 1.29 is 27.7 Å². The minimum absolute atomic E-state index is 0.00566. The van der Waals surface area contributed by atoms with Gasteiger partial charge in [-0.05, 0) is 25.1 Å². The summed E-state index contributed by atoms with van der Waals surface area (Å²) < 4.78 is 33.6. The minimum atomic E-state index is -4.42. The number of nitro benzene ring substituents is 1. The number of rotatable bonds is 8. The van der Waals surface area contributed by atoms with Gasteiger partial charge in [-0.1, -0.05) is 19.1 Å². The Hall–Kier alpha value is -4.39. The third-order valence-corrected chi connectivity index (χ3v) is 6.51. The van der Waals surface area contributed by atoms with Crippen molar-refractivity contribution in [3.05, 3.63) is 57.8 Å². The first-order valence-corrected chi connectivity index (χ1v) is 11.9. The number of sulfonamides is 1. The highest BCUT2D eigenvalue weighted by molar-refractivity contribution is 7.92. The number of carbonyl (C=O) groups excluding carboxylic acids is 2. The number of nitrogens with zero attached hydrogens (tertiary/aromatic N) is 3. The van der Waals surface area contributed by atoms with E-state index in [-0.39, 0.29) is 47.2 Å². The molecule has 0 atom stereocenters. The van der Waals surface area contributed by atoms with E-state index < -0.39 is 31.5 Å². The topological polar surface area (TPSA) is 170 Å². The van der Waals surface area contributed by atoms with Crippen LogP contribution >= 0.6 is 0 Å². The number of nitro groups is 1. The summed E-state index contributed by atoms with van der Waals surface area (Å²) in [6.45, 7) is 3.42. The number of para-hydroxylation sites is 1. The molecule has 1 amide bonds. The van der Waals surface area contributed by atoms with E-state index in [4.69, 9.17) is 4.74 Å². The molecule has 35 heavy (non-hydrogen) atoms. The molecule has 2 aromatic carbocycles. The fourth-order valence-electron chi connectivity index (χ4n) is 3.55. The van der Waals surface area contributed by atoms with Crippen LogP contribution in [0.1, 0.15) is 36.3 Å². The van der Waals surface area contributed by atoms with Crippen LogP contribution in [-0.2, 0) is 19.6 Å². The zero-order valence-electron chi connectivity index (χ0n) is 18.6. The number of nitrogens with one attached hydrogen (secondary N) is 2. The predicted octanol–water partition coefficient (Wildman–Crippen LogP) is 3.53. The lowest BCUT2D eigenvalue weighted by Crippen LogP contribution is -2.16. The average molecular weight is 497 g/mol. The SMILES string of the molecule is CCOC(=O)c1cc2c3c(c(NS(=O)(=O)c4ccccc4[N+](=O)[O-])cc(NC(=O)CC)c3n1)N=C2. The lowest BCUT2D eigenvalue weighted by atomic mass is 10.1. The van der Waals surface area contributed by atoms with Crippen LogP contribution in [0.2, 0.25) is 0 Å². The summed E-state index contributed by atoms with van der Waals surface area (Å²) in [6, 6.07) is 7.68. The second-order valence-corrected chi connectivity index (χ2v) is 9.00. The molecule has 0 unspecified atom stereocenters. The molecule has 4 rings (SSSR count). The van der Waals surface area contributed by atoms with Gasteiger partial charge in [0, 0.05) is 29.7 Å². The van der Waals surface area contributed by atoms with Crippen molar-refractivity contribution in [2.75, 3.05) is 16.6 Å². The monoisotopic (exact) mass is 497 g/mol. The highest BCUT2D eigenvalue weighted by Gasteiger charge is 2.29. The highest BCUT2D eigenvalue weighted by atomic mass is 32.2. The van der Waals surface area contributed by atoms with Crippen LogP contribution in [0.25, 0.3) is 10.9 Å². The van der Waals surface area contributed by atoms with Crippen LogP contribution in [0.4, 0.5) is 22.7 Å². The first-order chi connectivity index (χ1) is 16.7. The largest absolute Gasteiger partial charge is 0.461 e. The van der Waals surface area contributed by atoms with Crippen LogP contribution in [0.3, 0.4) is 0 Å². The number of amides is 1. The second-order valence-electron chi connectivity index (χ2n) is 7.35. The number of aromatic nitrogens is 1. The molecule has 0 saturated carbocycles. The highest BCUT2D eigenvalue weighted by Crippen LogP contribution is 2.44. The van der Waals surface area contributed by atoms with Crippen LogP contribution in [0.15, 0.2) is 46.3 Å². The summed E-state index contributed by atoms with van der Waals surface area (Å²) in [7, 11) is -4.42. The third-order valence-electron chi connectivity index (χ3n) is 5.09. The molecule has 1 aromatic heterocycles. The second kappa shape index (κ2) is 9.10. The number of anilines is 2. The van der Waals surface area contributed by atoms with Gasteiger partial charge < -0.3 is 10.1 Å². The van der Waals surface area contributed by atoms with Crippen molar-refractivity contribution >= 4 is 61.8 Å². The quantitative estimate of drug-likeness (QED) is 0.211. The van der Waals surface area contributed by atoms with Crippen molar-refractivity contribution in [3.63, 3.8) is 0 Å². The summed E-state index contributed by atoms with van der Waals surface area (Å²) in [6.07, 6.45) is 1.55. The maximum absolute atomic E-state index is 13.1. The number of benzene rings is 2. The summed E-state index contributed by atoms with van der Waals surface area (Å²) in [5.74, 6) is -1.04. The fourth-order valence-corrected chi connectivity index (χ4v) is 4.78. The van der Waals surface area contributed by atoms with E-state index >= 15 is 0 Å². The molecule has 0 aliphatic carbocycles. The van der Waals surface area contributed by atoms with Gasteiger partial charge in [0.05, 0.1) is 34.1 Å². The van der Waals surface area contributed by atoms with Crippen LogP contribution in [-0.4, -0.2) is 43.0 Å². The summed E-state index contributed by atoms with van der Waals surface area (Å²) in [4.78, 5) is 43.1. The molecule has 0 saturated heterocycles. The number of hydrogen-bond acceptors (Lipinski definition) is 9. The Morgan fingerprint density at radius 2 is 1.89 bits per heavy atom. The Balaban J connectivity index is 1.90. The van der Waals surface area contributed by atoms with Gasteiger partial charge in [0.2, 0.25) is 5.91 Å². The molecule has 2 N–H and O–H groups in total. The van der Waals surface area contributed by atoms with Gasteiger partial charge in [-0.3, -0.25) is 24.6 Å². The van der Waals surface area contributed by atoms with Gasteiger partial charge in [0.15, 0.2) is 4.90 Å². The summed E-state index contributed by atoms with van der Waals surface area (Å²) >= 11 is 0. The molecule has 3 aromatic rings. The maximum Gasteiger partial charge on any atom is 0.356 e. The molecule has 13 heteroatoms. The zero-order valence-corrected chi connectivity index (χ0v) is 19.4. The molecule has 0 fully saturated rings. The Kier molecular flexibility index (Phi) is 6.18. The lowest BCUT2D eigenvalue weighted by Gasteiger charge is -2.15. The molecule has 1 aliphatic heterocycles. The fraction of sp³-hybridized carbons (Fsp3) is 0.182. The molecular weight excluding hydrogens is 478 g/mol. The summed E-state index contributed by atoms with van der Waals surface area (Å²) in [5.41, 5.74) is 0.377. The summed E-state index contributed by atoms with van der Waals surface area (Å²) in [5, 5.41) is 14.4. The van der Waals surface area contributed by atoms with Gasteiger partial charge in [-0.25, -0.2) is 18.2 Å². The van der Waals surface area contributed by atoms with Crippen LogP contribution < -0.4 is 10.0 Å². The molecule has 12 nitrogen and oxygen atoms in total. The number of hydrogen-bond donors (Lipinski definition) is 2. The zero-order chi connectivity index (χ0) is 25.3. The van der Waals surface area contributed by atoms with Crippen molar-refractivity contribution in [1.29, 1.82) is 0 Å². The minimum Gasteiger partial charge on any atom is -0.461 e. The first kappa shape index (κ1) is 23.8.